The minimum atomic E-state index is -2.31. The van der Waals surface area contributed by atoms with E-state index in [0.717, 1.165) is 38.7 Å². The van der Waals surface area contributed by atoms with Gasteiger partial charge in [-0.2, -0.15) is 0 Å². The van der Waals surface area contributed by atoms with Gasteiger partial charge in [0.05, 0.1) is 5.69 Å². The highest BCUT2D eigenvalue weighted by Gasteiger charge is 2.22. The Balaban J connectivity index is 1.37. The van der Waals surface area contributed by atoms with Crippen LogP contribution in [0, 0.1) is 6.85 Å². The van der Waals surface area contributed by atoms with Crippen molar-refractivity contribution in [1.29, 1.82) is 0 Å². The fourth-order valence-electron chi connectivity index (χ4n) is 6.40. The molecule has 0 saturated carbocycles. The second-order valence-corrected chi connectivity index (χ2v) is 12.1. The van der Waals surface area contributed by atoms with Gasteiger partial charge in [-0.15, -0.1) is 0 Å². The van der Waals surface area contributed by atoms with E-state index in [2.05, 4.69) is 98.6 Å². The van der Waals surface area contributed by atoms with Gasteiger partial charge < -0.3 is 4.42 Å². The molecule has 3 aromatic heterocycles. The summed E-state index contributed by atoms with van der Waals surface area (Å²) in [5.74, 6) is 0. The summed E-state index contributed by atoms with van der Waals surface area (Å²) in [6.07, 6.45) is 1.99. The molecule has 0 fully saturated rings. The topological polar surface area (TPSA) is 38.9 Å². The lowest BCUT2D eigenvalue weighted by Gasteiger charge is -2.24. The molecule has 0 N–H and O–H groups in total. The molecule has 3 heterocycles. The quantitative estimate of drug-likeness (QED) is 0.203. The van der Waals surface area contributed by atoms with Crippen molar-refractivity contribution >= 4 is 54.4 Å². The molecule has 0 saturated heterocycles. The SMILES string of the molecule is [2H]C([2H])([2H])c1ccc2c(n1)oc1c(-c3cc(-c4ccc5c6ccccc6c6ccccc6c5c4)c(C(C)(C)C)cn3)cccc12. The zero-order valence-corrected chi connectivity index (χ0v) is 23.7. The number of nitrogens with zero attached hydrogens (tertiary/aromatic N) is 2. The number of hydrogen-bond acceptors (Lipinski definition) is 3. The third-order valence-electron chi connectivity index (χ3n) is 8.41. The number of furan rings is 1. The maximum atomic E-state index is 7.79. The molecule has 0 bridgehead atoms. The molecule has 0 amide bonds. The predicted molar refractivity (Wildman–Crippen MR) is 176 cm³/mol. The van der Waals surface area contributed by atoms with Gasteiger partial charge in [0.15, 0.2) is 0 Å². The molecule has 5 aromatic carbocycles. The highest BCUT2D eigenvalue weighted by Crippen LogP contribution is 2.41. The molecule has 0 atom stereocenters. The van der Waals surface area contributed by atoms with Crippen LogP contribution in [0.5, 0.6) is 0 Å². The summed E-state index contributed by atoms with van der Waals surface area (Å²) >= 11 is 0. The second kappa shape index (κ2) is 8.99. The van der Waals surface area contributed by atoms with Crippen LogP contribution in [0.1, 0.15) is 36.1 Å². The summed E-state index contributed by atoms with van der Waals surface area (Å²) in [7, 11) is 0. The first-order valence-corrected chi connectivity index (χ1v) is 14.3. The minimum absolute atomic E-state index is 0.0159. The van der Waals surface area contributed by atoms with Gasteiger partial charge in [-0.25, -0.2) is 4.98 Å². The van der Waals surface area contributed by atoms with E-state index >= 15 is 0 Å². The number of benzene rings is 5. The largest absolute Gasteiger partial charge is 0.437 e. The molecule has 8 aromatic rings. The molecular formula is C39H30N2O. The van der Waals surface area contributed by atoms with Gasteiger partial charge >= 0.3 is 0 Å². The Hall–Kier alpha value is -5.02. The smallest absolute Gasteiger partial charge is 0.227 e. The van der Waals surface area contributed by atoms with Gasteiger partial charge in [-0.1, -0.05) is 93.6 Å². The molecule has 8 rings (SSSR count). The lowest BCUT2D eigenvalue weighted by Crippen LogP contribution is -2.13. The number of rotatable bonds is 2. The van der Waals surface area contributed by atoms with Gasteiger partial charge in [0.25, 0.3) is 0 Å². The van der Waals surface area contributed by atoms with Crippen molar-refractivity contribution < 1.29 is 8.53 Å². The summed E-state index contributed by atoms with van der Waals surface area (Å²) < 4.78 is 29.6. The van der Waals surface area contributed by atoms with Crippen molar-refractivity contribution in [1.82, 2.24) is 9.97 Å². The van der Waals surface area contributed by atoms with Gasteiger partial charge in [-0.3, -0.25) is 4.98 Å². The fraction of sp³-hybridized carbons (Fsp3) is 0.128. The lowest BCUT2D eigenvalue weighted by atomic mass is 9.82. The summed E-state index contributed by atoms with van der Waals surface area (Å²) in [5, 5.41) is 9.09. The monoisotopic (exact) mass is 545 g/mol. The standard InChI is InChI=1S/C39H30N2O/c1-23-16-18-31-30-14-9-15-32(37(30)42-38(31)41-23)36-21-33(35(22-40-36)39(2,3)4)24-17-19-29-27-12-6-5-10-25(27)26-11-7-8-13-28(26)34(29)20-24/h5-22H,1-4H3/i1D3. The second-order valence-electron chi connectivity index (χ2n) is 12.1. The first-order valence-electron chi connectivity index (χ1n) is 15.8. The number of pyridine rings is 2. The van der Waals surface area contributed by atoms with E-state index in [0.29, 0.717) is 11.3 Å². The Bertz CT molecular complexity index is 2430. The van der Waals surface area contributed by atoms with Gasteiger partial charge in [0, 0.05) is 32.3 Å². The highest BCUT2D eigenvalue weighted by molar-refractivity contribution is 6.25. The molecule has 0 unspecified atom stereocenters. The first-order chi connectivity index (χ1) is 21.6. The van der Waals surface area contributed by atoms with Crippen LogP contribution in [0.2, 0.25) is 0 Å². The van der Waals surface area contributed by atoms with Crippen molar-refractivity contribution in [3.05, 3.63) is 121 Å². The minimum Gasteiger partial charge on any atom is -0.437 e. The number of para-hydroxylation sites is 1. The van der Waals surface area contributed by atoms with Crippen molar-refractivity contribution in [3.8, 4) is 22.4 Å². The summed E-state index contributed by atoms with van der Waals surface area (Å²) in [4.78, 5) is 9.32. The third-order valence-corrected chi connectivity index (χ3v) is 8.41. The Kier molecular flexibility index (Phi) is 4.64. The summed E-state index contributed by atoms with van der Waals surface area (Å²) in [6.45, 7) is 4.33. The van der Waals surface area contributed by atoms with Gasteiger partial charge in [0.2, 0.25) is 5.71 Å². The molecule has 0 spiro atoms. The average Bonchev–Trinajstić information content (AvgIpc) is 3.42. The predicted octanol–water partition coefficient (Wildman–Crippen LogP) is 10.8. The zero-order chi connectivity index (χ0) is 31.1. The van der Waals surface area contributed by atoms with E-state index in [-0.39, 0.29) is 11.1 Å². The molecule has 0 aliphatic rings. The molecule has 0 radical (unpaired) electrons. The van der Waals surface area contributed by atoms with Crippen LogP contribution < -0.4 is 0 Å². The first kappa shape index (κ1) is 21.7. The number of hydrogen-bond donors (Lipinski definition) is 0. The number of aromatic nitrogens is 2. The molecule has 0 aliphatic heterocycles. The van der Waals surface area contributed by atoms with Crippen LogP contribution in [-0.2, 0) is 5.41 Å². The van der Waals surface area contributed by atoms with E-state index < -0.39 is 6.85 Å². The molecule has 3 heteroatoms. The Morgan fingerprint density at radius 1 is 0.619 bits per heavy atom. The fourth-order valence-corrected chi connectivity index (χ4v) is 6.40. The maximum absolute atomic E-state index is 7.79. The average molecular weight is 546 g/mol. The molecule has 3 nitrogen and oxygen atoms in total. The number of fused-ring (bicyclic) bond motifs is 9. The van der Waals surface area contributed by atoms with Crippen molar-refractivity contribution in [2.24, 2.45) is 0 Å². The molecule has 0 aliphatic carbocycles. The van der Waals surface area contributed by atoms with Crippen molar-refractivity contribution in [2.45, 2.75) is 33.0 Å². The summed E-state index contributed by atoms with van der Waals surface area (Å²) in [5.41, 5.74) is 5.81. The van der Waals surface area contributed by atoms with Crippen LogP contribution in [0.25, 0.3) is 76.8 Å². The number of aryl methyl sites for hydroxylation is 1. The Labute approximate surface area is 248 Å². The van der Waals surface area contributed by atoms with Crippen LogP contribution in [0.3, 0.4) is 0 Å². The van der Waals surface area contributed by atoms with Crippen LogP contribution in [0.15, 0.2) is 114 Å². The van der Waals surface area contributed by atoms with Gasteiger partial charge in [-0.05, 0) is 91.6 Å². The highest BCUT2D eigenvalue weighted by atomic mass is 16.3. The third kappa shape index (κ3) is 3.74. The van der Waals surface area contributed by atoms with Crippen molar-refractivity contribution in [3.63, 3.8) is 0 Å². The molecule has 42 heavy (non-hydrogen) atoms. The lowest BCUT2D eigenvalue weighted by molar-refractivity contribution is 0.589. The van der Waals surface area contributed by atoms with Gasteiger partial charge in [0.1, 0.15) is 5.58 Å². The summed E-state index contributed by atoms with van der Waals surface area (Å²) in [6, 6.07) is 35.5. The zero-order valence-electron chi connectivity index (χ0n) is 26.7. The normalized spacial score (nSPS) is 13.6. The van der Waals surface area contributed by atoms with Crippen molar-refractivity contribution in [2.75, 3.05) is 0 Å². The van der Waals surface area contributed by atoms with Crippen LogP contribution in [0.4, 0.5) is 0 Å². The van der Waals surface area contributed by atoms with E-state index in [4.69, 9.17) is 13.5 Å². The Morgan fingerprint density at radius 2 is 1.26 bits per heavy atom. The maximum Gasteiger partial charge on any atom is 0.227 e. The molecular weight excluding hydrogens is 512 g/mol. The molecule has 202 valence electrons. The van der Waals surface area contributed by atoms with E-state index in [1.165, 1.54) is 32.3 Å². The van der Waals surface area contributed by atoms with Crippen LogP contribution in [-0.4, -0.2) is 9.97 Å². The van der Waals surface area contributed by atoms with E-state index in [1.54, 1.807) is 12.1 Å². The van der Waals surface area contributed by atoms with E-state index in [9.17, 15) is 0 Å². The Morgan fingerprint density at radius 3 is 1.95 bits per heavy atom. The van der Waals surface area contributed by atoms with Crippen LogP contribution >= 0.6 is 0 Å². The van der Waals surface area contributed by atoms with E-state index in [1.807, 2.05) is 24.4 Å².